The van der Waals surface area contributed by atoms with Gasteiger partial charge in [-0.1, -0.05) is 6.07 Å². The quantitative estimate of drug-likeness (QED) is 0.260. The highest BCUT2D eigenvalue weighted by molar-refractivity contribution is 5.84. The van der Waals surface area contributed by atoms with Crippen LogP contribution < -0.4 is 19.6 Å². The Kier molecular flexibility index (Phi) is 9.46. The highest BCUT2D eigenvalue weighted by Gasteiger charge is 2.53. The molecule has 244 valence electrons. The summed E-state index contributed by atoms with van der Waals surface area (Å²) in [6.07, 6.45) is -6.81. The summed E-state index contributed by atoms with van der Waals surface area (Å²) in [5.74, 6) is -1.38. The number of ether oxygens (including phenoxy) is 8. The number of aryl methyl sites for hydroxylation is 1. The molecule has 46 heavy (non-hydrogen) atoms. The van der Waals surface area contributed by atoms with Crippen LogP contribution in [0.25, 0.3) is 22.1 Å². The van der Waals surface area contributed by atoms with Gasteiger partial charge < -0.3 is 42.3 Å². The van der Waals surface area contributed by atoms with Gasteiger partial charge in [-0.2, -0.15) is 0 Å². The predicted molar refractivity (Wildman–Crippen MR) is 156 cm³/mol. The fraction of sp³-hybridized carbons (Fsp3) is 0.406. The molecule has 0 N–H and O–H groups in total. The molecule has 14 heteroatoms. The van der Waals surface area contributed by atoms with Crippen molar-refractivity contribution in [2.45, 2.75) is 65.3 Å². The molecule has 0 bridgehead atoms. The number of fused-ring (bicyclic) bond motifs is 2. The van der Waals surface area contributed by atoms with Crippen molar-refractivity contribution in [2.75, 3.05) is 19.8 Å². The molecule has 14 nitrogen and oxygen atoms in total. The molecule has 0 unspecified atom stereocenters. The van der Waals surface area contributed by atoms with E-state index >= 15 is 0 Å². The number of esters is 4. The van der Waals surface area contributed by atoms with Crippen LogP contribution in [0.4, 0.5) is 0 Å². The molecule has 2 aromatic carbocycles. The lowest BCUT2D eigenvalue weighted by Gasteiger charge is -2.43. The second kappa shape index (κ2) is 13.5. The first-order valence-corrected chi connectivity index (χ1v) is 14.4. The van der Waals surface area contributed by atoms with E-state index in [1.807, 2.05) is 0 Å². The van der Waals surface area contributed by atoms with E-state index in [9.17, 15) is 24.0 Å². The maximum atomic E-state index is 13.6. The highest BCUT2D eigenvalue weighted by Crippen LogP contribution is 2.36. The van der Waals surface area contributed by atoms with Crippen LogP contribution >= 0.6 is 0 Å². The Hall–Kier alpha value is -5.11. The Bertz CT molecular complexity index is 1730. The molecule has 1 fully saturated rings. The molecule has 0 spiro atoms. The average Bonchev–Trinajstić information content (AvgIpc) is 2.98. The van der Waals surface area contributed by atoms with E-state index in [1.54, 1.807) is 25.1 Å². The van der Waals surface area contributed by atoms with Gasteiger partial charge in [0.05, 0.1) is 10.9 Å². The van der Waals surface area contributed by atoms with Crippen LogP contribution in [-0.2, 0) is 42.9 Å². The summed E-state index contributed by atoms with van der Waals surface area (Å²) in [4.78, 5) is 61.4. The van der Waals surface area contributed by atoms with Crippen molar-refractivity contribution in [2.24, 2.45) is 0 Å². The van der Waals surface area contributed by atoms with Crippen LogP contribution in [0.3, 0.4) is 0 Å². The topological polar surface area (TPSA) is 172 Å². The zero-order valence-corrected chi connectivity index (χ0v) is 25.7. The Morgan fingerprint density at radius 3 is 2.11 bits per heavy atom. The third-order valence-electron chi connectivity index (χ3n) is 7.07. The van der Waals surface area contributed by atoms with Gasteiger partial charge in [0.15, 0.2) is 23.7 Å². The second-order valence-corrected chi connectivity index (χ2v) is 10.6. The van der Waals surface area contributed by atoms with Crippen LogP contribution in [0.1, 0.15) is 33.5 Å². The number of hydrogen-bond acceptors (Lipinski definition) is 14. The average molecular weight is 641 g/mol. The van der Waals surface area contributed by atoms with Gasteiger partial charge in [-0.3, -0.25) is 24.0 Å². The van der Waals surface area contributed by atoms with E-state index in [0.29, 0.717) is 41.6 Å². The van der Waals surface area contributed by atoms with Gasteiger partial charge in [0.25, 0.3) is 0 Å². The predicted octanol–water partition coefficient (Wildman–Crippen LogP) is 3.00. The minimum Gasteiger partial charge on any atom is -0.486 e. The maximum Gasteiger partial charge on any atom is 0.303 e. The third kappa shape index (κ3) is 7.07. The fourth-order valence-electron chi connectivity index (χ4n) is 5.31. The number of rotatable bonds is 8. The van der Waals surface area contributed by atoms with Crippen molar-refractivity contribution >= 4 is 34.8 Å². The smallest absolute Gasteiger partial charge is 0.303 e. The second-order valence-electron chi connectivity index (χ2n) is 10.6. The summed E-state index contributed by atoms with van der Waals surface area (Å²) in [6.45, 7) is 6.62. The summed E-state index contributed by atoms with van der Waals surface area (Å²) < 4.78 is 50.7. The molecule has 0 aliphatic carbocycles. The molecule has 5 rings (SSSR count). The Morgan fingerprint density at radius 1 is 0.783 bits per heavy atom. The summed E-state index contributed by atoms with van der Waals surface area (Å²) >= 11 is 0. The number of carbonyl (C=O) groups excluding carboxylic acids is 4. The first-order chi connectivity index (χ1) is 21.9. The molecule has 0 amide bonds. The van der Waals surface area contributed by atoms with Crippen molar-refractivity contribution in [3.05, 3.63) is 52.4 Å². The first-order valence-electron chi connectivity index (χ1n) is 14.4. The van der Waals surface area contributed by atoms with Crippen molar-refractivity contribution in [3.63, 3.8) is 0 Å². The fourth-order valence-corrected chi connectivity index (χ4v) is 5.31. The molecule has 2 aliphatic rings. The first kappa shape index (κ1) is 32.3. The van der Waals surface area contributed by atoms with Crippen LogP contribution in [0.2, 0.25) is 0 Å². The summed E-state index contributed by atoms with van der Waals surface area (Å²) in [5, 5.41) is 0.254. The number of hydrogen-bond donors (Lipinski definition) is 0. The Labute approximate surface area is 262 Å². The van der Waals surface area contributed by atoms with E-state index in [1.165, 1.54) is 25.1 Å². The molecule has 1 aromatic heterocycles. The van der Waals surface area contributed by atoms with E-state index < -0.39 is 61.2 Å². The Balaban J connectivity index is 1.50. The van der Waals surface area contributed by atoms with Gasteiger partial charge in [-0.25, -0.2) is 0 Å². The SMILES string of the molecule is CC(=O)OC[C@@H]1O[C@@H](Oc2ccc3c(=O)c(-c4ccc5c(c4)OCCO5)c(C)oc3c2)[C@H](OC(C)=O)[C@H](OC(C)=O)[C@H]1OC(C)=O. The molecule has 5 atom stereocenters. The zero-order chi connectivity index (χ0) is 33.1. The molecule has 2 aliphatic heterocycles. The lowest BCUT2D eigenvalue weighted by Crippen LogP contribution is -2.63. The molecule has 0 radical (unpaired) electrons. The molecule has 0 saturated carbocycles. The van der Waals surface area contributed by atoms with E-state index in [4.69, 9.17) is 42.3 Å². The summed E-state index contributed by atoms with van der Waals surface area (Å²) in [6, 6.07) is 9.64. The van der Waals surface area contributed by atoms with Crippen LogP contribution in [-0.4, -0.2) is 74.4 Å². The third-order valence-corrected chi connectivity index (χ3v) is 7.07. The standard InChI is InChI=1S/C32H32O14/c1-15-27(20-6-9-23-25(12-20)39-11-10-38-23)28(37)22-8-7-21(13-24(22)41-15)45-32-31(44-19(5)36)30(43-18(4)35)29(42-17(3)34)26(46-32)14-40-16(2)33/h6-9,12-13,26,29-32H,10-11,14H2,1-5H3/t26-,29-,30+,31+,32+/m0/s1. The molecule has 3 heterocycles. The summed E-state index contributed by atoms with van der Waals surface area (Å²) in [7, 11) is 0. The van der Waals surface area contributed by atoms with Crippen molar-refractivity contribution in [1.29, 1.82) is 0 Å². The van der Waals surface area contributed by atoms with Crippen LogP contribution in [0.5, 0.6) is 17.2 Å². The minimum atomic E-state index is -1.46. The number of benzene rings is 2. The van der Waals surface area contributed by atoms with Crippen molar-refractivity contribution < 1.29 is 61.5 Å². The summed E-state index contributed by atoms with van der Waals surface area (Å²) in [5.41, 5.74) is 0.828. The Morgan fingerprint density at radius 2 is 1.43 bits per heavy atom. The molecule has 3 aromatic rings. The van der Waals surface area contributed by atoms with Gasteiger partial charge in [0.1, 0.15) is 43.0 Å². The van der Waals surface area contributed by atoms with Gasteiger partial charge in [-0.15, -0.1) is 0 Å². The van der Waals surface area contributed by atoms with E-state index in [2.05, 4.69) is 0 Å². The van der Waals surface area contributed by atoms with Crippen LogP contribution in [0.15, 0.2) is 45.6 Å². The monoisotopic (exact) mass is 640 g/mol. The van der Waals surface area contributed by atoms with Crippen molar-refractivity contribution in [3.8, 4) is 28.4 Å². The molecular formula is C32H32O14. The van der Waals surface area contributed by atoms with E-state index in [0.717, 1.165) is 20.8 Å². The number of carbonyl (C=O) groups is 4. The van der Waals surface area contributed by atoms with E-state index in [-0.39, 0.29) is 22.1 Å². The minimum absolute atomic E-state index is 0.128. The maximum absolute atomic E-state index is 13.6. The van der Waals surface area contributed by atoms with Gasteiger partial charge in [-0.05, 0) is 36.8 Å². The lowest BCUT2D eigenvalue weighted by atomic mass is 9.98. The van der Waals surface area contributed by atoms with Crippen LogP contribution in [0, 0.1) is 6.92 Å². The van der Waals surface area contributed by atoms with Gasteiger partial charge in [0.2, 0.25) is 17.8 Å². The van der Waals surface area contributed by atoms with Gasteiger partial charge in [0, 0.05) is 33.8 Å². The lowest BCUT2D eigenvalue weighted by molar-refractivity contribution is -0.288. The van der Waals surface area contributed by atoms with Crippen molar-refractivity contribution in [1.82, 2.24) is 0 Å². The molecule has 1 saturated heterocycles. The highest BCUT2D eigenvalue weighted by atomic mass is 16.7. The van der Waals surface area contributed by atoms with Gasteiger partial charge >= 0.3 is 23.9 Å². The molecular weight excluding hydrogens is 608 g/mol. The largest absolute Gasteiger partial charge is 0.486 e. The zero-order valence-electron chi connectivity index (χ0n) is 25.7. The normalized spacial score (nSPS) is 22.0.